The van der Waals surface area contributed by atoms with Crippen LogP contribution in [0, 0.1) is 12.8 Å². The maximum Gasteiger partial charge on any atom is 0.252 e. The molecule has 1 heterocycles. The molecule has 0 bridgehead atoms. The number of rotatable bonds is 3. The van der Waals surface area contributed by atoms with Crippen LogP contribution in [0.25, 0.3) is 0 Å². The van der Waals surface area contributed by atoms with Crippen molar-refractivity contribution in [3.63, 3.8) is 0 Å². The first-order valence-electron chi connectivity index (χ1n) is 6.21. The fourth-order valence-corrected chi connectivity index (χ4v) is 2.44. The summed E-state index contributed by atoms with van der Waals surface area (Å²) in [5.41, 5.74) is 5.83. The zero-order chi connectivity index (χ0) is 12.3. The molecule has 2 rings (SSSR count). The molecule has 4 N–H and O–H groups in total. The van der Waals surface area contributed by atoms with Gasteiger partial charge < -0.3 is 16.0 Å². The summed E-state index contributed by atoms with van der Waals surface area (Å²) in [6.45, 7) is 2.63. The number of hydrogen-bond donors (Lipinski definition) is 3. The van der Waals surface area contributed by atoms with Crippen molar-refractivity contribution in [2.75, 3.05) is 11.9 Å². The third-order valence-corrected chi connectivity index (χ3v) is 3.26. The molecule has 5 heteroatoms. The van der Waals surface area contributed by atoms with Gasteiger partial charge in [0.25, 0.3) is 5.56 Å². The molecule has 5 nitrogen and oxygen atoms in total. The highest BCUT2D eigenvalue weighted by atomic mass is 16.1. The average molecular weight is 236 g/mol. The van der Waals surface area contributed by atoms with E-state index in [-0.39, 0.29) is 5.56 Å². The quantitative estimate of drug-likeness (QED) is 0.731. The highest BCUT2D eigenvalue weighted by Gasteiger charge is 2.18. The van der Waals surface area contributed by atoms with Crippen molar-refractivity contribution >= 4 is 5.82 Å². The van der Waals surface area contributed by atoms with Crippen molar-refractivity contribution < 1.29 is 0 Å². The Bertz CT molecular complexity index is 429. The van der Waals surface area contributed by atoms with Crippen molar-refractivity contribution in [3.05, 3.63) is 22.2 Å². The molecule has 17 heavy (non-hydrogen) atoms. The fourth-order valence-electron chi connectivity index (χ4n) is 2.44. The maximum atomic E-state index is 11.3. The molecule has 1 aromatic rings. The summed E-state index contributed by atoms with van der Waals surface area (Å²) >= 11 is 0. The molecule has 0 aliphatic heterocycles. The minimum atomic E-state index is -0.111. The fraction of sp³-hybridized carbons (Fsp3) is 0.667. The highest BCUT2D eigenvalue weighted by Crippen LogP contribution is 2.23. The first-order valence-corrected chi connectivity index (χ1v) is 6.21. The molecule has 1 aromatic heterocycles. The van der Waals surface area contributed by atoms with Crippen molar-refractivity contribution in [1.82, 2.24) is 9.97 Å². The summed E-state index contributed by atoms with van der Waals surface area (Å²) in [6.07, 6.45) is 4.62. The minimum absolute atomic E-state index is 0.111. The maximum absolute atomic E-state index is 11.3. The smallest absolute Gasteiger partial charge is 0.252 e. The van der Waals surface area contributed by atoms with Gasteiger partial charge in [0.05, 0.1) is 0 Å². The van der Waals surface area contributed by atoms with Crippen molar-refractivity contribution in [1.29, 1.82) is 0 Å². The molecule has 1 aliphatic rings. The molecule has 94 valence electrons. The van der Waals surface area contributed by atoms with E-state index in [1.165, 1.54) is 18.9 Å². The van der Waals surface area contributed by atoms with Crippen molar-refractivity contribution in [2.45, 2.75) is 38.6 Å². The Morgan fingerprint density at radius 3 is 3.12 bits per heavy atom. The third kappa shape index (κ3) is 3.56. The number of aryl methyl sites for hydroxylation is 1. The number of nitrogens with one attached hydrogen (secondary N) is 2. The van der Waals surface area contributed by atoms with Gasteiger partial charge in [-0.15, -0.1) is 0 Å². The van der Waals surface area contributed by atoms with Crippen LogP contribution >= 0.6 is 0 Å². The normalized spacial score (nSPS) is 24.6. The number of aromatic amines is 1. The molecule has 1 aliphatic carbocycles. The van der Waals surface area contributed by atoms with Crippen molar-refractivity contribution in [3.8, 4) is 0 Å². The first kappa shape index (κ1) is 12.1. The molecular weight excluding hydrogens is 216 g/mol. The largest absolute Gasteiger partial charge is 0.370 e. The number of nitrogens with zero attached hydrogens (tertiary/aromatic N) is 1. The van der Waals surface area contributed by atoms with Gasteiger partial charge in [0.15, 0.2) is 0 Å². The number of nitrogens with two attached hydrogens (primary N) is 1. The lowest BCUT2D eigenvalue weighted by Gasteiger charge is -2.26. The summed E-state index contributed by atoms with van der Waals surface area (Å²) in [7, 11) is 0. The average Bonchev–Trinajstić information content (AvgIpc) is 2.25. The number of hydrogen-bond acceptors (Lipinski definition) is 4. The van der Waals surface area contributed by atoms with Gasteiger partial charge in [-0.2, -0.15) is 0 Å². The Balaban J connectivity index is 1.90. The van der Waals surface area contributed by atoms with E-state index in [9.17, 15) is 4.79 Å². The van der Waals surface area contributed by atoms with Gasteiger partial charge in [0.2, 0.25) is 0 Å². The molecular formula is C12H20N4O. The zero-order valence-electron chi connectivity index (χ0n) is 10.2. The summed E-state index contributed by atoms with van der Waals surface area (Å²) in [4.78, 5) is 18.1. The van der Waals surface area contributed by atoms with E-state index in [1.807, 2.05) is 0 Å². The number of H-pyrrole nitrogens is 1. The SMILES string of the molecule is Cc1nc(NCC2CCCC(N)C2)cc(=O)[nH]1. The van der Waals surface area contributed by atoms with Crippen LogP contribution < -0.4 is 16.6 Å². The molecule has 1 saturated carbocycles. The second kappa shape index (κ2) is 5.31. The van der Waals surface area contributed by atoms with Gasteiger partial charge in [-0.3, -0.25) is 4.79 Å². The molecule has 2 unspecified atom stereocenters. The molecule has 0 saturated heterocycles. The van der Waals surface area contributed by atoms with Gasteiger partial charge in [-0.05, 0) is 32.1 Å². The van der Waals surface area contributed by atoms with Crippen molar-refractivity contribution in [2.24, 2.45) is 11.7 Å². The summed E-state index contributed by atoms with van der Waals surface area (Å²) < 4.78 is 0. The van der Waals surface area contributed by atoms with E-state index in [4.69, 9.17) is 5.73 Å². The Morgan fingerprint density at radius 2 is 2.41 bits per heavy atom. The van der Waals surface area contributed by atoms with Crippen LogP contribution in [0.15, 0.2) is 10.9 Å². The van der Waals surface area contributed by atoms with E-state index in [1.54, 1.807) is 6.92 Å². The van der Waals surface area contributed by atoms with E-state index < -0.39 is 0 Å². The summed E-state index contributed by atoms with van der Waals surface area (Å²) in [6, 6.07) is 1.83. The van der Waals surface area contributed by atoms with Crippen LogP contribution in [0.3, 0.4) is 0 Å². The summed E-state index contributed by atoms with van der Waals surface area (Å²) in [5.74, 6) is 1.89. The monoisotopic (exact) mass is 236 g/mol. The van der Waals surface area contributed by atoms with Crippen LogP contribution in [-0.2, 0) is 0 Å². The first-order chi connectivity index (χ1) is 8.13. The zero-order valence-corrected chi connectivity index (χ0v) is 10.2. The lowest BCUT2D eigenvalue weighted by atomic mass is 9.86. The molecule has 1 fully saturated rings. The second-order valence-corrected chi connectivity index (χ2v) is 4.89. The van der Waals surface area contributed by atoms with Crippen LogP contribution in [0.2, 0.25) is 0 Å². The standard InChI is InChI=1S/C12H20N4O/c1-8-15-11(6-12(17)16-8)14-7-9-3-2-4-10(13)5-9/h6,9-10H,2-5,7,13H2,1H3,(H2,14,15,16,17). The van der Waals surface area contributed by atoms with E-state index in [0.29, 0.717) is 23.6 Å². The molecule has 0 amide bonds. The predicted molar refractivity (Wildman–Crippen MR) is 68.0 cm³/mol. The Hall–Kier alpha value is -1.36. The van der Waals surface area contributed by atoms with Crippen LogP contribution in [0.5, 0.6) is 0 Å². The number of aromatic nitrogens is 2. The van der Waals surface area contributed by atoms with E-state index >= 15 is 0 Å². The van der Waals surface area contributed by atoms with Crippen LogP contribution in [0.1, 0.15) is 31.5 Å². The molecule has 2 atom stereocenters. The van der Waals surface area contributed by atoms with Gasteiger partial charge in [0, 0.05) is 18.7 Å². The Labute approximate surface area is 101 Å². The van der Waals surface area contributed by atoms with E-state index in [2.05, 4.69) is 15.3 Å². The molecule has 0 spiro atoms. The van der Waals surface area contributed by atoms with Gasteiger partial charge in [0.1, 0.15) is 11.6 Å². The molecule has 0 radical (unpaired) electrons. The van der Waals surface area contributed by atoms with Crippen LogP contribution in [-0.4, -0.2) is 22.6 Å². The van der Waals surface area contributed by atoms with E-state index in [0.717, 1.165) is 19.4 Å². The highest BCUT2D eigenvalue weighted by molar-refractivity contribution is 5.32. The van der Waals surface area contributed by atoms with Gasteiger partial charge in [-0.25, -0.2) is 4.98 Å². The number of anilines is 1. The topological polar surface area (TPSA) is 83.8 Å². The Morgan fingerprint density at radius 1 is 1.59 bits per heavy atom. The lowest BCUT2D eigenvalue weighted by Crippen LogP contribution is -2.31. The Kier molecular flexibility index (Phi) is 3.78. The molecule has 0 aromatic carbocycles. The summed E-state index contributed by atoms with van der Waals surface area (Å²) in [5, 5.41) is 3.23. The second-order valence-electron chi connectivity index (χ2n) is 4.89. The predicted octanol–water partition coefficient (Wildman–Crippen LogP) is 1.01. The third-order valence-electron chi connectivity index (χ3n) is 3.26. The van der Waals surface area contributed by atoms with Gasteiger partial charge >= 0.3 is 0 Å². The minimum Gasteiger partial charge on any atom is -0.370 e. The van der Waals surface area contributed by atoms with Gasteiger partial charge in [-0.1, -0.05) is 6.42 Å². The van der Waals surface area contributed by atoms with Crippen LogP contribution in [0.4, 0.5) is 5.82 Å². The lowest BCUT2D eigenvalue weighted by molar-refractivity contribution is 0.335.